The molecule has 1 rings (SSSR count). The molecule has 0 fully saturated rings. The van der Waals surface area contributed by atoms with Crippen LogP contribution in [-0.2, 0) is 6.18 Å². The van der Waals surface area contributed by atoms with Crippen molar-refractivity contribution in [1.82, 2.24) is 0 Å². The van der Waals surface area contributed by atoms with Crippen LogP contribution in [0.3, 0.4) is 0 Å². The average molecular weight is 311 g/mol. The topological polar surface area (TPSA) is 9.23 Å². The summed E-state index contributed by atoms with van der Waals surface area (Å²) >= 11 is 3.33. The molecular weight excluding hydrogens is 297 g/mol. The Kier molecular flexibility index (Phi) is 5.82. The van der Waals surface area contributed by atoms with Gasteiger partial charge in [0.25, 0.3) is 0 Å². The van der Waals surface area contributed by atoms with Gasteiger partial charge >= 0.3 is 6.18 Å². The largest absolute Gasteiger partial charge is 0.494 e. The molecule has 0 saturated carbocycles. The van der Waals surface area contributed by atoms with Crippen LogP contribution in [0.2, 0.25) is 0 Å². The van der Waals surface area contributed by atoms with Crippen LogP contribution in [-0.4, -0.2) is 11.9 Å². The van der Waals surface area contributed by atoms with Crippen molar-refractivity contribution in [3.63, 3.8) is 0 Å². The highest BCUT2D eigenvalue weighted by Gasteiger charge is 2.29. The van der Waals surface area contributed by atoms with Gasteiger partial charge in [0, 0.05) is 5.33 Å². The quantitative estimate of drug-likeness (QED) is 0.549. The minimum Gasteiger partial charge on any atom is -0.494 e. The highest BCUT2D eigenvalue weighted by molar-refractivity contribution is 9.09. The molecule has 0 N–H and O–H groups in total. The molecule has 96 valence electrons. The van der Waals surface area contributed by atoms with Gasteiger partial charge in [-0.2, -0.15) is 13.2 Å². The number of ether oxygens (including phenoxy) is 1. The fourth-order valence-corrected chi connectivity index (χ4v) is 1.70. The Labute approximate surface area is 107 Å². The van der Waals surface area contributed by atoms with Crippen LogP contribution in [0.1, 0.15) is 24.8 Å². The lowest BCUT2D eigenvalue weighted by Gasteiger charge is -2.09. The summed E-state index contributed by atoms with van der Waals surface area (Å²) < 4.78 is 42.1. The molecule has 0 atom stereocenters. The molecule has 0 saturated heterocycles. The lowest BCUT2D eigenvalue weighted by Crippen LogP contribution is -2.04. The monoisotopic (exact) mass is 310 g/mol. The minimum absolute atomic E-state index is 0.483. The predicted molar refractivity (Wildman–Crippen MR) is 64.6 cm³/mol. The molecule has 0 aliphatic carbocycles. The van der Waals surface area contributed by atoms with Gasteiger partial charge in [0.1, 0.15) is 5.75 Å². The van der Waals surface area contributed by atoms with Crippen molar-refractivity contribution in [2.75, 3.05) is 11.9 Å². The second kappa shape index (κ2) is 6.89. The van der Waals surface area contributed by atoms with E-state index in [1.807, 2.05) is 0 Å². The molecular formula is C12H14BrF3O. The Bertz CT molecular complexity index is 322. The van der Waals surface area contributed by atoms with Gasteiger partial charge in [-0.1, -0.05) is 15.9 Å². The molecule has 1 aromatic carbocycles. The minimum atomic E-state index is -4.28. The first-order valence-electron chi connectivity index (χ1n) is 5.40. The molecule has 0 heterocycles. The third kappa shape index (κ3) is 5.44. The van der Waals surface area contributed by atoms with Crippen molar-refractivity contribution in [3.05, 3.63) is 29.8 Å². The van der Waals surface area contributed by atoms with Crippen LogP contribution in [0.4, 0.5) is 13.2 Å². The van der Waals surface area contributed by atoms with E-state index in [-0.39, 0.29) is 0 Å². The number of rotatable bonds is 6. The number of benzene rings is 1. The van der Waals surface area contributed by atoms with Gasteiger partial charge in [-0.05, 0) is 43.5 Å². The molecule has 0 spiro atoms. The SMILES string of the molecule is FC(F)(F)c1ccc(OCCCCCBr)cc1. The molecule has 0 aromatic heterocycles. The Morgan fingerprint density at radius 2 is 1.65 bits per heavy atom. The average Bonchev–Trinajstić information content (AvgIpc) is 2.28. The second-order valence-electron chi connectivity index (χ2n) is 3.62. The maximum Gasteiger partial charge on any atom is 0.416 e. The van der Waals surface area contributed by atoms with Crippen LogP contribution in [0.5, 0.6) is 5.75 Å². The first-order chi connectivity index (χ1) is 8.04. The van der Waals surface area contributed by atoms with E-state index >= 15 is 0 Å². The molecule has 0 bridgehead atoms. The molecule has 0 amide bonds. The van der Waals surface area contributed by atoms with Crippen molar-refractivity contribution in [2.24, 2.45) is 0 Å². The summed E-state index contributed by atoms with van der Waals surface area (Å²) in [6.07, 6.45) is -1.25. The van der Waals surface area contributed by atoms with Crippen LogP contribution < -0.4 is 4.74 Å². The molecule has 1 nitrogen and oxygen atoms in total. The zero-order chi connectivity index (χ0) is 12.7. The van der Waals surface area contributed by atoms with E-state index in [0.29, 0.717) is 12.4 Å². The van der Waals surface area contributed by atoms with E-state index in [2.05, 4.69) is 15.9 Å². The molecule has 0 aliphatic heterocycles. The number of unbranched alkanes of at least 4 members (excludes halogenated alkanes) is 2. The van der Waals surface area contributed by atoms with Crippen LogP contribution in [0, 0.1) is 0 Å². The number of hydrogen-bond acceptors (Lipinski definition) is 1. The molecule has 0 aliphatic rings. The van der Waals surface area contributed by atoms with Crippen molar-refractivity contribution in [3.8, 4) is 5.75 Å². The maximum atomic E-state index is 12.3. The zero-order valence-corrected chi connectivity index (χ0v) is 10.9. The van der Waals surface area contributed by atoms with Gasteiger partial charge in [0.15, 0.2) is 0 Å². The maximum absolute atomic E-state index is 12.3. The van der Waals surface area contributed by atoms with Crippen LogP contribution in [0.25, 0.3) is 0 Å². The van der Waals surface area contributed by atoms with Gasteiger partial charge in [0.05, 0.1) is 12.2 Å². The number of halogens is 4. The Morgan fingerprint density at radius 3 is 2.18 bits per heavy atom. The lowest BCUT2D eigenvalue weighted by atomic mass is 10.2. The molecule has 5 heteroatoms. The van der Waals surface area contributed by atoms with E-state index in [9.17, 15) is 13.2 Å². The van der Waals surface area contributed by atoms with Crippen molar-refractivity contribution >= 4 is 15.9 Å². The highest BCUT2D eigenvalue weighted by atomic mass is 79.9. The van der Waals surface area contributed by atoms with Crippen LogP contribution in [0.15, 0.2) is 24.3 Å². The van der Waals surface area contributed by atoms with Crippen molar-refractivity contribution < 1.29 is 17.9 Å². The van der Waals surface area contributed by atoms with Crippen LogP contribution >= 0.6 is 15.9 Å². The summed E-state index contributed by atoms with van der Waals surface area (Å²) in [4.78, 5) is 0. The Hall–Kier alpha value is -0.710. The van der Waals surface area contributed by atoms with Crippen molar-refractivity contribution in [1.29, 1.82) is 0 Å². The van der Waals surface area contributed by atoms with E-state index in [1.165, 1.54) is 12.1 Å². The number of hydrogen-bond donors (Lipinski definition) is 0. The van der Waals surface area contributed by atoms with Gasteiger partial charge < -0.3 is 4.74 Å². The smallest absolute Gasteiger partial charge is 0.416 e. The van der Waals surface area contributed by atoms with E-state index in [4.69, 9.17) is 4.74 Å². The summed E-state index contributed by atoms with van der Waals surface area (Å²) in [7, 11) is 0. The van der Waals surface area contributed by atoms with E-state index in [0.717, 1.165) is 36.7 Å². The molecule has 0 radical (unpaired) electrons. The standard InChI is InChI=1S/C12H14BrF3O/c13-8-2-1-3-9-17-11-6-4-10(5-7-11)12(14,15)16/h4-7H,1-3,8-9H2. The normalized spacial score (nSPS) is 11.5. The fourth-order valence-electron chi connectivity index (χ4n) is 1.30. The lowest BCUT2D eigenvalue weighted by molar-refractivity contribution is -0.137. The first kappa shape index (κ1) is 14.4. The van der Waals surface area contributed by atoms with Gasteiger partial charge in [-0.25, -0.2) is 0 Å². The molecule has 0 unspecified atom stereocenters. The van der Waals surface area contributed by atoms with Gasteiger partial charge in [-0.3, -0.25) is 0 Å². The van der Waals surface area contributed by atoms with Gasteiger partial charge in [-0.15, -0.1) is 0 Å². The zero-order valence-electron chi connectivity index (χ0n) is 9.27. The Morgan fingerprint density at radius 1 is 1.00 bits per heavy atom. The Balaban J connectivity index is 2.36. The fraction of sp³-hybridized carbons (Fsp3) is 0.500. The third-order valence-corrected chi connectivity index (χ3v) is 2.79. The van der Waals surface area contributed by atoms with E-state index in [1.54, 1.807) is 0 Å². The first-order valence-corrected chi connectivity index (χ1v) is 6.52. The van der Waals surface area contributed by atoms with E-state index < -0.39 is 11.7 Å². The summed E-state index contributed by atoms with van der Waals surface area (Å²) in [5.41, 5.74) is -0.649. The molecule has 17 heavy (non-hydrogen) atoms. The summed E-state index contributed by atoms with van der Waals surface area (Å²) in [5, 5.41) is 0.966. The highest BCUT2D eigenvalue weighted by Crippen LogP contribution is 2.30. The molecule has 1 aromatic rings. The second-order valence-corrected chi connectivity index (χ2v) is 4.41. The predicted octanol–water partition coefficient (Wildman–Crippen LogP) is 4.65. The third-order valence-electron chi connectivity index (χ3n) is 2.23. The summed E-state index contributed by atoms with van der Waals surface area (Å²) in [6.45, 7) is 0.540. The summed E-state index contributed by atoms with van der Waals surface area (Å²) in [5.74, 6) is 0.483. The van der Waals surface area contributed by atoms with Crippen molar-refractivity contribution in [2.45, 2.75) is 25.4 Å². The van der Waals surface area contributed by atoms with Gasteiger partial charge in [0.2, 0.25) is 0 Å². The summed E-state index contributed by atoms with van der Waals surface area (Å²) in [6, 6.07) is 4.78. The number of alkyl halides is 4.